The van der Waals surface area contributed by atoms with E-state index in [1.165, 1.54) is 12.3 Å². The van der Waals surface area contributed by atoms with Crippen molar-refractivity contribution < 1.29 is 8.81 Å². The van der Waals surface area contributed by atoms with Gasteiger partial charge < -0.3 is 10.2 Å². The van der Waals surface area contributed by atoms with Crippen LogP contribution >= 0.6 is 0 Å². The predicted molar refractivity (Wildman–Crippen MR) is 51.0 cm³/mol. The van der Waals surface area contributed by atoms with Gasteiger partial charge in [0.2, 0.25) is 0 Å². The van der Waals surface area contributed by atoms with E-state index in [0.717, 1.165) is 0 Å². The maximum Gasteiger partial charge on any atom is 0.191 e. The highest BCUT2D eigenvalue weighted by molar-refractivity contribution is 5.64. The molecule has 1 heterocycles. The first-order valence-corrected chi connectivity index (χ1v) is 4.15. The van der Waals surface area contributed by atoms with Crippen molar-refractivity contribution in [3.8, 4) is 11.3 Å². The lowest BCUT2D eigenvalue weighted by molar-refractivity contribution is 0.521. The zero-order valence-corrected chi connectivity index (χ0v) is 7.62. The average molecular weight is 192 g/mol. The van der Waals surface area contributed by atoms with Crippen molar-refractivity contribution in [3.05, 3.63) is 36.2 Å². The first-order valence-electron chi connectivity index (χ1n) is 4.15. The van der Waals surface area contributed by atoms with E-state index in [-0.39, 0.29) is 5.69 Å². The Kier molecular flexibility index (Phi) is 1.96. The summed E-state index contributed by atoms with van der Waals surface area (Å²) in [7, 11) is 0. The molecule has 0 spiro atoms. The highest BCUT2D eigenvalue weighted by Gasteiger charge is 2.10. The van der Waals surface area contributed by atoms with E-state index in [1.807, 2.05) is 0 Å². The number of nitrogen functional groups attached to an aromatic ring is 1. The summed E-state index contributed by atoms with van der Waals surface area (Å²) in [5.74, 6) is 0.0441. The van der Waals surface area contributed by atoms with Crippen LogP contribution in [0.15, 0.2) is 28.9 Å². The van der Waals surface area contributed by atoms with Crippen molar-refractivity contribution in [2.24, 2.45) is 0 Å². The Morgan fingerprint density at radius 2 is 2.21 bits per heavy atom. The molecule has 72 valence electrons. The smallest absolute Gasteiger partial charge is 0.191 e. The molecular weight excluding hydrogens is 183 g/mol. The molecule has 0 unspecified atom stereocenters. The molecule has 14 heavy (non-hydrogen) atoms. The number of halogens is 1. The molecule has 0 atom stereocenters. The van der Waals surface area contributed by atoms with E-state index >= 15 is 0 Å². The monoisotopic (exact) mass is 192 g/mol. The Bertz CT molecular complexity index is 465. The van der Waals surface area contributed by atoms with Gasteiger partial charge in [-0.1, -0.05) is 6.07 Å². The number of oxazole rings is 1. The van der Waals surface area contributed by atoms with Crippen LogP contribution in [0.25, 0.3) is 11.3 Å². The third-order valence-corrected chi connectivity index (χ3v) is 1.92. The van der Waals surface area contributed by atoms with Crippen molar-refractivity contribution >= 4 is 5.69 Å². The number of anilines is 1. The van der Waals surface area contributed by atoms with Crippen LogP contribution in [0.3, 0.4) is 0 Å². The van der Waals surface area contributed by atoms with Gasteiger partial charge >= 0.3 is 0 Å². The van der Waals surface area contributed by atoms with Crippen LogP contribution in [0.1, 0.15) is 5.89 Å². The van der Waals surface area contributed by atoms with E-state index in [9.17, 15) is 4.39 Å². The second kappa shape index (κ2) is 3.14. The van der Waals surface area contributed by atoms with Gasteiger partial charge in [0.15, 0.2) is 11.7 Å². The van der Waals surface area contributed by atoms with Gasteiger partial charge in [0.1, 0.15) is 12.0 Å². The minimum Gasteiger partial charge on any atom is -0.449 e. The largest absolute Gasteiger partial charge is 0.449 e. The molecule has 0 bridgehead atoms. The summed E-state index contributed by atoms with van der Waals surface area (Å²) in [4.78, 5) is 4.02. The van der Waals surface area contributed by atoms with Gasteiger partial charge in [0, 0.05) is 12.5 Å². The second-order valence-corrected chi connectivity index (χ2v) is 2.96. The van der Waals surface area contributed by atoms with Crippen LogP contribution in [0.4, 0.5) is 10.1 Å². The van der Waals surface area contributed by atoms with E-state index in [1.54, 1.807) is 19.1 Å². The quantitative estimate of drug-likeness (QED) is 0.705. The van der Waals surface area contributed by atoms with Gasteiger partial charge in [0.05, 0.1) is 5.69 Å². The number of benzene rings is 1. The predicted octanol–water partition coefficient (Wildman–Crippen LogP) is 2.37. The molecule has 2 N–H and O–H groups in total. The summed E-state index contributed by atoms with van der Waals surface area (Å²) in [6.45, 7) is 1.70. The number of nitrogens with zero attached hydrogens (tertiary/aromatic N) is 1. The van der Waals surface area contributed by atoms with Crippen LogP contribution in [0.2, 0.25) is 0 Å². The van der Waals surface area contributed by atoms with Crippen LogP contribution in [0, 0.1) is 12.7 Å². The first kappa shape index (κ1) is 8.74. The van der Waals surface area contributed by atoms with Crippen molar-refractivity contribution in [2.45, 2.75) is 6.92 Å². The van der Waals surface area contributed by atoms with Crippen molar-refractivity contribution in [2.75, 3.05) is 5.73 Å². The summed E-state index contributed by atoms with van der Waals surface area (Å²) in [6.07, 6.45) is 1.41. The van der Waals surface area contributed by atoms with Crippen LogP contribution in [-0.4, -0.2) is 4.98 Å². The Morgan fingerprint density at radius 3 is 2.86 bits per heavy atom. The minimum atomic E-state index is -0.458. The minimum absolute atomic E-state index is 0.114. The summed E-state index contributed by atoms with van der Waals surface area (Å²) >= 11 is 0. The lowest BCUT2D eigenvalue weighted by Crippen LogP contribution is -1.93. The number of aromatic nitrogens is 1. The first-order chi connectivity index (χ1) is 6.68. The molecule has 0 aliphatic carbocycles. The van der Waals surface area contributed by atoms with Crippen LogP contribution in [0.5, 0.6) is 0 Å². The van der Waals surface area contributed by atoms with Crippen LogP contribution in [-0.2, 0) is 0 Å². The lowest BCUT2D eigenvalue weighted by atomic mass is 10.1. The van der Waals surface area contributed by atoms with Gasteiger partial charge in [-0.25, -0.2) is 9.37 Å². The maximum atomic E-state index is 13.5. The molecule has 2 aromatic rings. The average Bonchev–Trinajstić information content (AvgIpc) is 2.57. The van der Waals surface area contributed by atoms with Gasteiger partial charge in [-0.05, 0) is 12.1 Å². The van der Waals surface area contributed by atoms with Gasteiger partial charge in [-0.15, -0.1) is 0 Å². The number of nitrogens with two attached hydrogens (primary N) is 1. The highest BCUT2D eigenvalue weighted by Crippen LogP contribution is 2.25. The molecule has 0 aliphatic heterocycles. The van der Waals surface area contributed by atoms with Crippen molar-refractivity contribution in [3.63, 3.8) is 0 Å². The molecule has 0 saturated heterocycles. The molecule has 1 aromatic carbocycles. The third kappa shape index (κ3) is 1.35. The molecule has 0 fully saturated rings. The van der Waals surface area contributed by atoms with Crippen molar-refractivity contribution in [1.29, 1.82) is 0 Å². The molecule has 3 nitrogen and oxygen atoms in total. The topological polar surface area (TPSA) is 52.0 Å². The van der Waals surface area contributed by atoms with Crippen molar-refractivity contribution in [1.82, 2.24) is 4.98 Å². The zero-order valence-electron chi connectivity index (χ0n) is 7.62. The zero-order chi connectivity index (χ0) is 10.1. The molecular formula is C10H9FN2O. The standard InChI is InChI=1S/C10H9FN2O/c1-6-13-9(5-14-6)7-3-2-4-8(12)10(7)11/h2-5H,12H2,1H3. The van der Waals surface area contributed by atoms with E-state index in [2.05, 4.69) is 4.98 Å². The Balaban J connectivity index is 2.57. The fourth-order valence-electron chi connectivity index (χ4n) is 1.23. The molecule has 4 heteroatoms. The fourth-order valence-corrected chi connectivity index (χ4v) is 1.23. The lowest BCUT2D eigenvalue weighted by Gasteiger charge is -2.00. The summed E-state index contributed by atoms with van der Waals surface area (Å²) in [5.41, 5.74) is 6.37. The summed E-state index contributed by atoms with van der Waals surface area (Å²) in [6, 6.07) is 4.80. The normalized spacial score (nSPS) is 10.4. The molecule has 1 aromatic heterocycles. The highest BCUT2D eigenvalue weighted by atomic mass is 19.1. The van der Waals surface area contributed by atoms with E-state index in [0.29, 0.717) is 17.1 Å². The number of rotatable bonds is 1. The molecule has 0 saturated carbocycles. The Morgan fingerprint density at radius 1 is 1.43 bits per heavy atom. The number of hydrogen-bond acceptors (Lipinski definition) is 3. The van der Waals surface area contributed by atoms with Gasteiger partial charge in [-0.2, -0.15) is 0 Å². The maximum absolute atomic E-state index is 13.5. The SMILES string of the molecule is Cc1nc(-c2cccc(N)c2F)co1. The summed E-state index contributed by atoms with van der Waals surface area (Å²) < 4.78 is 18.5. The Labute approximate surface area is 80.4 Å². The molecule has 0 radical (unpaired) electrons. The summed E-state index contributed by atoms with van der Waals surface area (Å²) in [5, 5.41) is 0. The fraction of sp³-hybridized carbons (Fsp3) is 0.100. The van der Waals surface area contributed by atoms with E-state index in [4.69, 9.17) is 10.2 Å². The molecule has 0 aliphatic rings. The number of hydrogen-bond donors (Lipinski definition) is 1. The van der Waals surface area contributed by atoms with Gasteiger partial charge in [0.25, 0.3) is 0 Å². The Hall–Kier alpha value is -1.84. The third-order valence-electron chi connectivity index (χ3n) is 1.92. The van der Waals surface area contributed by atoms with E-state index < -0.39 is 5.82 Å². The number of aryl methyl sites for hydroxylation is 1. The molecule has 0 amide bonds. The van der Waals surface area contributed by atoms with Gasteiger partial charge in [-0.3, -0.25) is 0 Å². The second-order valence-electron chi connectivity index (χ2n) is 2.96. The molecule has 2 rings (SSSR count). The van der Waals surface area contributed by atoms with Crippen LogP contribution < -0.4 is 5.73 Å².